The number of carboxylic acids is 1. The molecule has 0 amide bonds. The van der Waals surface area contributed by atoms with Gasteiger partial charge in [-0.25, -0.2) is 4.98 Å². The largest absolute Gasteiger partial charge is 0.480 e. The number of halogens is 2. The topological polar surface area (TPSA) is 53.4 Å². The van der Waals surface area contributed by atoms with Gasteiger partial charge in [0.05, 0.1) is 19.2 Å². The van der Waals surface area contributed by atoms with Gasteiger partial charge in [-0.15, -0.1) is 22.7 Å². The van der Waals surface area contributed by atoms with Gasteiger partial charge in [-0.05, 0) is 40.2 Å². The maximum Gasteiger partial charge on any atom is 0.323 e. The average Bonchev–Trinajstić information content (AvgIpc) is 3.11. The van der Waals surface area contributed by atoms with Crippen LogP contribution in [0.5, 0.6) is 0 Å². The highest BCUT2D eigenvalue weighted by Crippen LogP contribution is 2.48. The van der Waals surface area contributed by atoms with E-state index in [9.17, 15) is 9.90 Å². The van der Waals surface area contributed by atoms with Crippen LogP contribution in [-0.4, -0.2) is 22.6 Å². The van der Waals surface area contributed by atoms with Crippen molar-refractivity contribution in [2.24, 2.45) is 0 Å². The number of carbonyl (C=O) groups is 1. The number of rotatable bonds is 3. The lowest BCUT2D eigenvalue weighted by Gasteiger charge is -2.17. The number of fused-ring (bicyclic) bond motifs is 2. The number of hydrogen-bond acceptors (Lipinski definition) is 6. The molecular formula is C15H8BrClN2O2S3. The van der Waals surface area contributed by atoms with Crippen LogP contribution in [0.25, 0.3) is 15.6 Å². The normalized spacial score (nSPS) is 15.4. The Kier molecular flexibility index (Phi) is 4.34. The average molecular weight is 460 g/mol. The van der Waals surface area contributed by atoms with Crippen molar-refractivity contribution in [3.05, 3.63) is 43.1 Å². The van der Waals surface area contributed by atoms with Gasteiger partial charge in [0, 0.05) is 16.0 Å². The smallest absolute Gasteiger partial charge is 0.323 e. The van der Waals surface area contributed by atoms with Gasteiger partial charge in [0.2, 0.25) is 0 Å². The molecule has 0 unspecified atom stereocenters. The first-order valence-electron chi connectivity index (χ1n) is 6.74. The molecule has 4 nitrogen and oxygen atoms in total. The van der Waals surface area contributed by atoms with Crippen LogP contribution in [0.15, 0.2) is 38.0 Å². The van der Waals surface area contributed by atoms with Crippen molar-refractivity contribution in [3.63, 3.8) is 0 Å². The molecule has 122 valence electrons. The lowest BCUT2D eigenvalue weighted by molar-refractivity contribution is -0.135. The summed E-state index contributed by atoms with van der Waals surface area (Å²) < 4.78 is 2.17. The molecule has 3 heterocycles. The fraction of sp³-hybridized carbons (Fsp3) is 0.0667. The maximum absolute atomic E-state index is 11.3. The van der Waals surface area contributed by atoms with Crippen LogP contribution in [0.4, 0.5) is 5.69 Å². The molecule has 0 radical (unpaired) electrons. The molecule has 0 fully saturated rings. The molecule has 1 N–H and O–H groups in total. The molecule has 2 aromatic heterocycles. The van der Waals surface area contributed by atoms with Gasteiger partial charge in [-0.1, -0.05) is 23.4 Å². The van der Waals surface area contributed by atoms with E-state index in [1.165, 1.54) is 11.8 Å². The second-order valence-corrected chi connectivity index (χ2v) is 9.92. The van der Waals surface area contributed by atoms with E-state index in [2.05, 4.69) is 20.9 Å². The van der Waals surface area contributed by atoms with E-state index in [0.29, 0.717) is 5.02 Å². The number of aliphatic carboxylic acids is 1. The summed E-state index contributed by atoms with van der Waals surface area (Å²) in [7, 11) is 0. The number of hydrogen-bond donors (Lipinski definition) is 1. The lowest BCUT2D eigenvalue weighted by Crippen LogP contribution is -2.25. The van der Waals surface area contributed by atoms with Gasteiger partial charge in [0.15, 0.2) is 0 Å². The Labute approximate surface area is 162 Å². The van der Waals surface area contributed by atoms with Crippen molar-refractivity contribution in [2.45, 2.75) is 4.90 Å². The molecule has 0 bridgehead atoms. The second kappa shape index (κ2) is 6.34. The van der Waals surface area contributed by atoms with Crippen molar-refractivity contribution in [2.75, 3.05) is 11.4 Å². The molecule has 0 saturated carbocycles. The summed E-state index contributed by atoms with van der Waals surface area (Å²) in [5, 5.41) is 11.5. The highest BCUT2D eigenvalue weighted by atomic mass is 79.9. The summed E-state index contributed by atoms with van der Waals surface area (Å²) in [6, 6.07) is 7.57. The number of anilines is 1. The molecular weight excluding hydrogens is 452 g/mol. The third kappa shape index (κ3) is 3.09. The molecule has 0 saturated heterocycles. The van der Waals surface area contributed by atoms with Gasteiger partial charge in [-0.3, -0.25) is 4.79 Å². The van der Waals surface area contributed by atoms with Crippen molar-refractivity contribution in [3.8, 4) is 0 Å². The van der Waals surface area contributed by atoms with Crippen molar-refractivity contribution in [1.29, 1.82) is 0 Å². The molecule has 0 aliphatic carbocycles. The van der Waals surface area contributed by atoms with Crippen LogP contribution in [-0.2, 0) is 4.79 Å². The lowest BCUT2D eigenvalue weighted by atomic mass is 10.3. The highest BCUT2D eigenvalue weighted by molar-refractivity contribution is 9.11. The first-order valence-corrected chi connectivity index (χ1v) is 10.4. The standard InChI is InChI=1S/C15H8BrClN2O2S3/c16-11-4-10-15(24-11)18-12(22-10)5-13-19(6-14(20)21)8-3-7(17)1-2-9(8)23-13/h1-5H,6H2,(H,20,21)/b13-5-. The minimum Gasteiger partial charge on any atom is -0.480 e. The predicted octanol–water partition coefficient (Wildman–Crippen LogP) is 5.77. The van der Waals surface area contributed by atoms with E-state index >= 15 is 0 Å². The monoisotopic (exact) mass is 458 g/mol. The quantitative estimate of drug-likeness (QED) is 0.539. The number of thiazole rings is 1. The van der Waals surface area contributed by atoms with Crippen LogP contribution in [0, 0.1) is 0 Å². The zero-order valence-corrected chi connectivity index (χ0v) is 16.6. The summed E-state index contributed by atoms with van der Waals surface area (Å²) in [5.74, 6) is -0.890. The molecule has 0 spiro atoms. The first-order chi connectivity index (χ1) is 11.5. The van der Waals surface area contributed by atoms with E-state index in [-0.39, 0.29) is 6.54 Å². The zero-order chi connectivity index (χ0) is 16.8. The number of aromatic nitrogens is 1. The number of thiophene rings is 1. The molecule has 3 aromatic rings. The van der Waals surface area contributed by atoms with E-state index in [0.717, 1.165) is 33.9 Å². The molecule has 1 aromatic carbocycles. The SMILES string of the molecule is O=C(O)CN1/C(=C/c2nc3sc(Br)cc3s2)Sc2ccc(Cl)cc21. The number of thioether (sulfide) groups is 1. The number of nitrogens with zero attached hydrogens (tertiary/aromatic N) is 2. The van der Waals surface area contributed by atoms with Crippen molar-refractivity contribution < 1.29 is 9.90 Å². The third-order valence-corrected chi connectivity index (χ3v) is 7.27. The first kappa shape index (κ1) is 16.4. The number of carboxylic acid groups (broad SMARTS) is 1. The maximum atomic E-state index is 11.3. The Bertz CT molecular complexity index is 966. The van der Waals surface area contributed by atoms with E-state index < -0.39 is 5.97 Å². The van der Waals surface area contributed by atoms with Gasteiger partial charge < -0.3 is 10.0 Å². The van der Waals surface area contributed by atoms with E-state index in [4.69, 9.17) is 11.6 Å². The Hall–Kier alpha value is -1.06. The van der Waals surface area contributed by atoms with Crippen molar-refractivity contribution in [1.82, 2.24) is 4.98 Å². The van der Waals surface area contributed by atoms with Gasteiger partial charge in [0.1, 0.15) is 16.4 Å². The highest BCUT2D eigenvalue weighted by Gasteiger charge is 2.27. The minimum absolute atomic E-state index is 0.114. The second-order valence-electron chi connectivity index (χ2n) is 4.95. The van der Waals surface area contributed by atoms with Gasteiger partial charge in [-0.2, -0.15) is 0 Å². The van der Waals surface area contributed by atoms with E-state index in [1.807, 2.05) is 24.3 Å². The molecule has 24 heavy (non-hydrogen) atoms. The van der Waals surface area contributed by atoms with Gasteiger partial charge >= 0.3 is 5.97 Å². The van der Waals surface area contributed by atoms with Crippen LogP contribution in [0.1, 0.15) is 5.01 Å². The van der Waals surface area contributed by atoms with Crippen LogP contribution in [0.3, 0.4) is 0 Å². The van der Waals surface area contributed by atoms with Crippen LogP contribution < -0.4 is 4.90 Å². The zero-order valence-electron chi connectivity index (χ0n) is 11.8. The molecule has 1 aliphatic rings. The Morgan fingerprint density at radius 3 is 2.96 bits per heavy atom. The molecule has 0 atom stereocenters. The third-order valence-electron chi connectivity index (χ3n) is 3.31. The number of benzene rings is 1. The van der Waals surface area contributed by atoms with E-state index in [1.54, 1.807) is 33.6 Å². The summed E-state index contributed by atoms with van der Waals surface area (Å²) in [4.78, 5) is 19.6. The summed E-state index contributed by atoms with van der Waals surface area (Å²) in [6.45, 7) is -0.114. The summed E-state index contributed by atoms with van der Waals surface area (Å²) >= 11 is 14.2. The predicted molar refractivity (Wildman–Crippen MR) is 105 cm³/mol. The molecule has 1 aliphatic heterocycles. The van der Waals surface area contributed by atoms with Gasteiger partial charge in [0.25, 0.3) is 0 Å². The molecule has 9 heteroatoms. The van der Waals surface area contributed by atoms with Crippen LogP contribution in [0.2, 0.25) is 5.02 Å². The summed E-state index contributed by atoms with van der Waals surface area (Å²) in [6.07, 6.45) is 1.94. The minimum atomic E-state index is -0.890. The Morgan fingerprint density at radius 2 is 2.21 bits per heavy atom. The fourth-order valence-electron chi connectivity index (χ4n) is 2.37. The Balaban J connectivity index is 1.75. The summed E-state index contributed by atoms with van der Waals surface area (Å²) in [5.41, 5.74) is 0.822. The van der Waals surface area contributed by atoms with Crippen molar-refractivity contribution >= 4 is 89.2 Å². The van der Waals surface area contributed by atoms with Crippen LogP contribution >= 0.6 is 62.0 Å². The fourth-order valence-corrected chi connectivity index (χ4v) is 6.42. The molecule has 4 rings (SSSR count). The Morgan fingerprint density at radius 1 is 1.38 bits per heavy atom.